The number of amides is 1. The number of H-pyrrole nitrogens is 1. The van der Waals surface area contributed by atoms with E-state index in [1.54, 1.807) is 6.20 Å². The van der Waals surface area contributed by atoms with Crippen LogP contribution in [0.1, 0.15) is 35.7 Å². The maximum Gasteiger partial charge on any atom is 0.233 e. The predicted molar refractivity (Wildman–Crippen MR) is 128 cm³/mol. The maximum atomic E-state index is 12.9. The molecule has 2 aromatic carbocycles. The molecule has 0 spiro atoms. The molecule has 6 nitrogen and oxygen atoms in total. The molecule has 4 aromatic rings. The molecule has 1 amide bonds. The zero-order valence-electron chi connectivity index (χ0n) is 18.4. The number of carbonyl (C=O) groups is 1. The maximum absolute atomic E-state index is 12.9. The molecule has 1 N–H and O–H groups in total. The van der Waals surface area contributed by atoms with E-state index in [0.29, 0.717) is 11.7 Å². The fraction of sp³-hybridized carbons (Fsp3) is 0.320. The average molecular weight is 446 g/mol. The smallest absolute Gasteiger partial charge is 0.233 e. The van der Waals surface area contributed by atoms with Gasteiger partial charge in [0.15, 0.2) is 5.16 Å². The van der Waals surface area contributed by atoms with Gasteiger partial charge in [0.05, 0.1) is 22.5 Å². The Balaban J connectivity index is 1.19. The fourth-order valence-corrected chi connectivity index (χ4v) is 5.21. The van der Waals surface area contributed by atoms with Crippen LogP contribution in [0.3, 0.4) is 0 Å². The van der Waals surface area contributed by atoms with Crippen molar-refractivity contribution in [3.05, 3.63) is 71.8 Å². The van der Waals surface area contributed by atoms with Gasteiger partial charge >= 0.3 is 0 Å². The Kier molecular flexibility index (Phi) is 5.74. The van der Waals surface area contributed by atoms with Crippen molar-refractivity contribution in [3.63, 3.8) is 0 Å². The average Bonchev–Trinajstić information content (AvgIpc) is 3.46. The summed E-state index contributed by atoms with van der Waals surface area (Å²) in [5.74, 6) is 2.00. The molecule has 164 valence electrons. The number of aryl methyl sites for hydroxylation is 2. The van der Waals surface area contributed by atoms with Crippen molar-refractivity contribution in [2.24, 2.45) is 0 Å². The highest BCUT2D eigenvalue weighted by atomic mass is 32.2. The normalized spacial score (nSPS) is 14.9. The number of benzene rings is 2. The minimum absolute atomic E-state index is 0.175. The summed E-state index contributed by atoms with van der Waals surface area (Å²) in [6, 6.07) is 14.5. The minimum Gasteiger partial charge on any atom is -0.342 e. The molecule has 1 aliphatic heterocycles. The monoisotopic (exact) mass is 445 g/mol. The van der Waals surface area contributed by atoms with Gasteiger partial charge in [0, 0.05) is 31.4 Å². The molecule has 0 unspecified atom stereocenters. The van der Waals surface area contributed by atoms with Gasteiger partial charge in [-0.25, -0.2) is 9.97 Å². The summed E-state index contributed by atoms with van der Waals surface area (Å²) in [6.45, 7) is 5.73. The van der Waals surface area contributed by atoms with E-state index in [0.717, 1.165) is 53.6 Å². The van der Waals surface area contributed by atoms with E-state index >= 15 is 0 Å². The van der Waals surface area contributed by atoms with Crippen LogP contribution in [-0.2, 0) is 4.79 Å². The van der Waals surface area contributed by atoms with E-state index in [-0.39, 0.29) is 5.91 Å². The van der Waals surface area contributed by atoms with Crippen LogP contribution in [0.25, 0.3) is 16.7 Å². The van der Waals surface area contributed by atoms with E-state index in [4.69, 9.17) is 4.98 Å². The molecular weight excluding hydrogens is 418 g/mol. The van der Waals surface area contributed by atoms with E-state index in [2.05, 4.69) is 52.6 Å². The zero-order valence-corrected chi connectivity index (χ0v) is 19.2. The van der Waals surface area contributed by atoms with Crippen molar-refractivity contribution >= 4 is 28.7 Å². The van der Waals surface area contributed by atoms with Crippen LogP contribution in [0.4, 0.5) is 0 Å². The molecule has 1 aliphatic rings. The van der Waals surface area contributed by atoms with E-state index in [9.17, 15) is 4.79 Å². The highest BCUT2D eigenvalue weighted by molar-refractivity contribution is 7.99. The van der Waals surface area contributed by atoms with Crippen LogP contribution in [0, 0.1) is 13.8 Å². The Morgan fingerprint density at radius 1 is 1.16 bits per heavy atom. The van der Waals surface area contributed by atoms with Crippen molar-refractivity contribution in [1.82, 2.24) is 24.4 Å². The molecule has 32 heavy (non-hydrogen) atoms. The molecule has 0 aliphatic carbocycles. The largest absolute Gasteiger partial charge is 0.342 e. The Bertz CT molecular complexity index is 1220. The topological polar surface area (TPSA) is 66.8 Å². The lowest BCUT2D eigenvalue weighted by Gasteiger charge is -2.31. The first-order valence-corrected chi connectivity index (χ1v) is 12.0. The van der Waals surface area contributed by atoms with Gasteiger partial charge in [0.25, 0.3) is 0 Å². The summed E-state index contributed by atoms with van der Waals surface area (Å²) in [7, 11) is 0. The quantitative estimate of drug-likeness (QED) is 0.445. The van der Waals surface area contributed by atoms with Crippen LogP contribution in [0.5, 0.6) is 0 Å². The Hall–Kier alpha value is -3.06. The van der Waals surface area contributed by atoms with Crippen LogP contribution < -0.4 is 0 Å². The summed E-state index contributed by atoms with van der Waals surface area (Å²) in [4.78, 5) is 27.6. The third kappa shape index (κ3) is 4.17. The molecule has 0 bridgehead atoms. The number of nitrogens with zero attached hydrogens (tertiary/aromatic N) is 4. The summed E-state index contributed by atoms with van der Waals surface area (Å²) >= 11 is 1.51. The predicted octanol–water partition coefficient (Wildman–Crippen LogP) is 4.86. The molecule has 1 fully saturated rings. The lowest BCUT2D eigenvalue weighted by molar-refractivity contribution is -0.129. The van der Waals surface area contributed by atoms with Crippen LogP contribution in [0.2, 0.25) is 0 Å². The number of hydrogen-bond donors (Lipinski definition) is 1. The second-order valence-corrected chi connectivity index (χ2v) is 9.40. The van der Waals surface area contributed by atoms with E-state index in [1.165, 1.54) is 22.9 Å². The van der Waals surface area contributed by atoms with Gasteiger partial charge < -0.3 is 9.88 Å². The first-order valence-electron chi connectivity index (χ1n) is 11.0. The van der Waals surface area contributed by atoms with Gasteiger partial charge in [0.2, 0.25) is 5.91 Å². The van der Waals surface area contributed by atoms with Gasteiger partial charge in [-0.15, -0.1) is 0 Å². The number of likely N-dealkylation sites (tertiary alicyclic amines) is 1. The second-order valence-electron chi connectivity index (χ2n) is 8.45. The number of aromatic nitrogens is 4. The van der Waals surface area contributed by atoms with Crippen molar-refractivity contribution < 1.29 is 4.79 Å². The number of imidazole rings is 2. The molecule has 1 saturated heterocycles. The molecular formula is C25H27N5OS. The molecule has 5 rings (SSSR count). The zero-order chi connectivity index (χ0) is 22.1. The molecule has 0 saturated carbocycles. The SMILES string of the molecule is Cc1ccc(C)c(-n2ccnc2SCC(=O)N2CCC(c3nc4ccccc4[nH]3)CC2)c1. The lowest BCUT2D eigenvalue weighted by atomic mass is 9.96. The summed E-state index contributed by atoms with van der Waals surface area (Å²) < 4.78 is 2.08. The molecule has 0 radical (unpaired) electrons. The number of thioether (sulfide) groups is 1. The molecule has 2 aromatic heterocycles. The number of carbonyl (C=O) groups excluding carboxylic acids is 1. The van der Waals surface area contributed by atoms with Gasteiger partial charge in [-0.05, 0) is 56.0 Å². The Labute approximate surface area is 192 Å². The fourth-order valence-electron chi connectivity index (χ4n) is 4.34. The second kappa shape index (κ2) is 8.82. The third-order valence-corrected chi connectivity index (χ3v) is 7.15. The highest BCUT2D eigenvalue weighted by Crippen LogP contribution is 2.29. The standard InChI is InChI=1S/C25H27N5OS/c1-17-7-8-18(2)22(15-17)30-14-11-26-25(30)32-16-23(31)29-12-9-19(10-13-29)24-27-20-5-3-4-6-21(20)28-24/h3-8,11,14-15,19H,9-10,12-13,16H2,1-2H3,(H,27,28). The number of fused-ring (bicyclic) bond motifs is 1. The van der Waals surface area contributed by atoms with Crippen LogP contribution in [-0.4, -0.2) is 49.2 Å². The van der Waals surface area contributed by atoms with Crippen molar-refractivity contribution in [2.45, 2.75) is 37.8 Å². The minimum atomic E-state index is 0.175. The summed E-state index contributed by atoms with van der Waals surface area (Å²) in [5, 5.41) is 0.851. The number of piperidine rings is 1. The number of nitrogens with one attached hydrogen (secondary N) is 1. The molecule has 3 heterocycles. The van der Waals surface area contributed by atoms with E-state index in [1.807, 2.05) is 29.3 Å². The van der Waals surface area contributed by atoms with Crippen molar-refractivity contribution in [2.75, 3.05) is 18.8 Å². The highest BCUT2D eigenvalue weighted by Gasteiger charge is 2.26. The summed E-state index contributed by atoms with van der Waals surface area (Å²) in [5.41, 5.74) is 5.60. The first-order chi connectivity index (χ1) is 15.6. The lowest BCUT2D eigenvalue weighted by Crippen LogP contribution is -2.39. The van der Waals surface area contributed by atoms with Gasteiger partial charge in [-0.3, -0.25) is 9.36 Å². The first kappa shape index (κ1) is 20.8. The van der Waals surface area contributed by atoms with Crippen molar-refractivity contribution in [1.29, 1.82) is 0 Å². The number of rotatable bonds is 5. The molecule has 7 heteroatoms. The van der Waals surface area contributed by atoms with Crippen molar-refractivity contribution in [3.8, 4) is 5.69 Å². The van der Waals surface area contributed by atoms with Gasteiger partial charge in [-0.1, -0.05) is 36.0 Å². The van der Waals surface area contributed by atoms with Gasteiger partial charge in [0.1, 0.15) is 5.82 Å². The van der Waals surface area contributed by atoms with Crippen LogP contribution >= 0.6 is 11.8 Å². The Morgan fingerprint density at radius 2 is 1.97 bits per heavy atom. The van der Waals surface area contributed by atoms with Crippen LogP contribution in [0.15, 0.2) is 60.0 Å². The van der Waals surface area contributed by atoms with E-state index < -0.39 is 0 Å². The number of para-hydroxylation sites is 2. The summed E-state index contributed by atoms with van der Waals surface area (Å²) in [6.07, 6.45) is 5.64. The molecule has 0 atom stereocenters. The Morgan fingerprint density at radius 3 is 2.78 bits per heavy atom. The van der Waals surface area contributed by atoms with Gasteiger partial charge in [-0.2, -0.15) is 0 Å². The number of aromatic amines is 1. The third-order valence-electron chi connectivity index (χ3n) is 6.20. The number of hydrogen-bond acceptors (Lipinski definition) is 4.